The third kappa shape index (κ3) is 5.75. The molecule has 0 unspecified atom stereocenters. The number of rotatable bonds is 3. The Hall–Kier alpha value is -2.04. The van der Waals surface area contributed by atoms with Crippen molar-refractivity contribution in [2.45, 2.75) is 53.1 Å². The fourth-order valence-electron chi connectivity index (χ4n) is 3.24. The number of nitrogens with zero attached hydrogens (tertiary/aromatic N) is 2. The zero-order valence-corrected chi connectivity index (χ0v) is 16.7. The molecule has 144 valence electrons. The SMILES string of the molecule is CC(C)(C)OC(=O)N1CCCN(C(=O)C(C)(C)Cc2ccccc2)CC1. The zero-order chi connectivity index (χ0) is 19.4. The topological polar surface area (TPSA) is 49.9 Å². The summed E-state index contributed by atoms with van der Waals surface area (Å²) in [5, 5.41) is 0. The van der Waals surface area contributed by atoms with E-state index in [-0.39, 0.29) is 12.0 Å². The van der Waals surface area contributed by atoms with Gasteiger partial charge in [-0.25, -0.2) is 4.79 Å². The van der Waals surface area contributed by atoms with Crippen molar-refractivity contribution in [3.05, 3.63) is 35.9 Å². The van der Waals surface area contributed by atoms with Crippen LogP contribution in [0.15, 0.2) is 30.3 Å². The minimum atomic E-state index is -0.503. The van der Waals surface area contributed by atoms with Gasteiger partial charge in [-0.1, -0.05) is 44.2 Å². The van der Waals surface area contributed by atoms with Crippen LogP contribution >= 0.6 is 0 Å². The molecule has 0 aliphatic carbocycles. The first-order valence-corrected chi connectivity index (χ1v) is 9.40. The molecule has 0 spiro atoms. The lowest BCUT2D eigenvalue weighted by atomic mass is 9.84. The van der Waals surface area contributed by atoms with Crippen LogP contribution in [0.3, 0.4) is 0 Å². The molecule has 2 rings (SSSR count). The number of amides is 2. The van der Waals surface area contributed by atoms with Crippen molar-refractivity contribution >= 4 is 12.0 Å². The van der Waals surface area contributed by atoms with Gasteiger partial charge in [-0.2, -0.15) is 0 Å². The van der Waals surface area contributed by atoms with E-state index in [1.807, 2.05) is 57.7 Å². The Morgan fingerprint density at radius 2 is 1.50 bits per heavy atom. The van der Waals surface area contributed by atoms with Gasteiger partial charge < -0.3 is 14.5 Å². The van der Waals surface area contributed by atoms with Crippen LogP contribution in [0.1, 0.15) is 46.6 Å². The summed E-state index contributed by atoms with van der Waals surface area (Å²) in [4.78, 5) is 29.0. The quantitative estimate of drug-likeness (QED) is 0.825. The van der Waals surface area contributed by atoms with Gasteiger partial charge in [0, 0.05) is 31.6 Å². The van der Waals surface area contributed by atoms with Crippen LogP contribution in [0, 0.1) is 5.41 Å². The van der Waals surface area contributed by atoms with Gasteiger partial charge in [-0.05, 0) is 39.2 Å². The highest BCUT2D eigenvalue weighted by Gasteiger charge is 2.34. The Labute approximate surface area is 157 Å². The third-order valence-corrected chi connectivity index (χ3v) is 4.50. The monoisotopic (exact) mass is 360 g/mol. The number of carbonyl (C=O) groups excluding carboxylic acids is 2. The van der Waals surface area contributed by atoms with E-state index in [1.54, 1.807) is 4.90 Å². The molecule has 26 heavy (non-hydrogen) atoms. The lowest BCUT2D eigenvalue weighted by Crippen LogP contribution is -2.44. The highest BCUT2D eigenvalue weighted by Crippen LogP contribution is 2.25. The van der Waals surface area contributed by atoms with E-state index in [4.69, 9.17) is 4.74 Å². The Bertz CT molecular complexity index is 620. The molecule has 1 aromatic rings. The predicted octanol–water partition coefficient (Wildman–Crippen LogP) is 3.72. The number of benzene rings is 1. The number of hydrogen-bond acceptors (Lipinski definition) is 3. The summed E-state index contributed by atoms with van der Waals surface area (Å²) in [7, 11) is 0. The van der Waals surface area contributed by atoms with Crippen LogP contribution in [-0.2, 0) is 16.0 Å². The summed E-state index contributed by atoms with van der Waals surface area (Å²) in [6.45, 7) is 12.0. The van der Waals surface area contributed by atoms with Crippen molar-refractivity contribution in [2.24, 2.45) is 5.41 Å². The summed E-state index contributed by atoms with van der Waals surface area (Å²) in [5.74, 6) is 0.146. The predicted molar refractivity (Wildman–Crippen MR) is 103 cm³/mol. The molecule has 1 aliphatic heterocycles. The van der Waals surface area contributed by atoms with Gasteiger partial charge in [0.2, 0.25) is 5.91 Å². The molecule has 1 fully saturated rings. The van der Waals surface area contributed by atoms with Crippen LogP contribution in [-0.4, -0.2) is 53.6 Å². The summed E-state index contributed by atoms with van der Waals surface area (Å²) in [5.41, 5.74) is 0.190. The average molecular weight is 360 g/mol. The molecule has 1 aromatic carbocycles. The zero-order valence-electron chi connectivity index (χ0n) is 16.7. The van der Waals surface area contributed by atoms with Gasteiger partial charge in [0.15, 0.2) is 0 Å². The number of carbonyl (C=O) groups is 2. The molecule has 2 amide bonds. The van der Waals surface area contributed by atoms with E-state index in [0.717, 1.165) is 12.0 Å². The Morgan fingerprint density at radius 3 is 2.12 bits per heavy atom. The summed E-state index contributed by atoms with van der Waals surface area (Å²) < 4.78 is 5.46. The fraction of sp³-hybridized carbons (Fsp3) is 0.619. The lowest BCUT2D eigenvalue weighted by Gasteiger charge is -2.31. The smallest absolute Gasteiger partial charge is 0.410 e. The minimum absolute atomic E-state index is 0.146. The molecule has 0 bridgehead atoms. The summed E-state index contributed by atoms with van der Waals surface area (Å²) in [6.07, 6.45) is 1.18. The molecule has 0 radical (unpaired) electrons. The summed E-state index contributed by atoms with van der Waals surface area (Å²) >= 11 is 0. The van der Waals surface area contributed by atoms with Crippen LogP contribution in [0.4, 0.5) is 4.79 Å². The maximum atomic E-state index is 13.1. The average Bonchev–Trinajstić information content (AvgIpc) is 2.79. The van der Waals surface area contributed by atoms with E-state index in [2.05, 4.69) is 12.1 Å². The van der Waals surface area contributed by atoms with E-state index in [9.17, 15) is 9.59 Å². The molecular weight excluding hydrogens is 328 g/mol. The first-order chi connectivity index (χ1) is 12.1. The van der Waals surface area contributed by atoms with Crippen LogP contribution in [0.2, 0.25) is 0 Å². The van der Waals surface area contributed by atoms with Gasteiger partial charge in [0.1, 0.15) is 5.60 Å². The van der Waals surface area contributed by atoms with Crippen molar-refractivity contribution in [1.82, 2.24) is 9.80 Å². The molecule has 0 aromatic heterocycles. The van der Waals surface area contributed by atoms with Crippen LogP contribution in [0.25, 0.3) is 0 Å². The van der Waals surface area contributed by atoms with Crippen molar-refractivity contribution in [3.63, 3.8) is 0 Å². The molecular formula is C21H32N2O3. The van der Waals surface area contributed by atoms with Crippen molar-refractivity contribution in [1.29, 1.82) is 0 Å². The van der Waals surface area contributed by atoms with Gasteiger partial charge in [-0.15, -0.1) is 0 Å². The normalized spacial score (nSPS) is 16.2. The number of ether oxygens (including phenoxy) is 1. The second-order valence-electron chi connectivity index (χ2n) is 8.66. The summed E-state index contributed by atoms with van der Waals surface area (Å²) in [6, 6.07) is 10.1. The lowest BCUT2D eigenvalue weighted by molar-refractivity contribution is -0.140. The van der Waals surface area contributed by atoms with Gasteiger partial charge in [0.25, 0.3) is 0 Å². The van der Waals surface area contributed by atoms with Crippen LogP contribution in [0.5, 0.6) is 0 Å². The molecule has 5 nitrogen and oxygen atoms in total. The second kappa shape index (κ2) is 8.11. The first kappa shape index (κ1) is 20.3. The van der Waals surface area contributed by atoms with Gasteiger partial charge >= 0.3 is 6.09 Å². The highest BCUT2D eigenvalue weighted by atomic mass is 16.6. The molecule has 1 heterocycles. The van der Waals surface area contributed by atoms with Crippen molar-refractivity contribution in [3.8, 4) is 0 Å². The van der Waals surface area contributed by atoms with Crippen molar-refractivity contribution in [2.75, 3.05) is 26.2 Å². The minimum Gasteiger partial charge on any atom is -0.444 e. The van der Waals surface area contributed by atoms with E-state index in [0.29, 0.717) is 32.6 Å². The number of hydrogen-bond donors (Lipinski definition) is 0. The van der Waals surface area contributed by atoms with Crippen LogP contribution < -0.4 is 0 Å². The second-order valence-corrected chi connectivity index (χ2v) is 8.66. The Balaban J connectivity index is 1.97. The molecule has 5 heteroatoms. The standard InChI is InChI=1S/C21H32N2O3/c1-20(2,3)26-19(25)23-13-9-12-22(14-15-23)18(24)21(4,5)16-17-10-7-6-8-11-17/h6-8,10-11H,9,12-16H2,1-5H3. The molecule has 0 saturated carbocycles. The Kier molecular flexibility index (Phi) is 6.32. The fourth-order valence-corrected chi connectivity index (χ4v) is 3.24. The van der Waals surface area contributed by atoms with E-state index >= 15 is 0 Å². The molecule has 0 N–H and O–H groups in total. The van der Waals surface area contributed by atoms with E-state index < -0.39 is 11.0 Å². The Morgan fingerprint density at radius 1 is 0.923 bits per heavy atom. The molecule has 0 atom stereocenters. The largest absolute Gasteiger partial charge is 0.444 e. The van der Waals surface area contributed by atoms with Crippen molar-refractivity contribution < 1.29 is 14.3 Å². The van der Waals surface area contributed by atoms with E-state index in [1.165, 1.54) is 0 Å². The van der Waals surface area contributed by atoms with Gasteiger partial charge in [0.05, 0.1) is 0 Å². The first-order valence-electron chi connectivity index (χ1n) is 9.40. The maximum Gasteiger partial charge on any atom is 0.410 e. The maximum absolute atomic E-state index is 13.1. The van der Waals surface area contributed by atoms with Gasteiger partial charge in [-0.3, -0.25) is 4.79 Å². The highest BCUT2D eigenvalue weighted by molar-refractivity contribution is 5.82. The molecule has 1 saturated heterocycles. The molecule has 1 aliphatic rings. The third-order valence-electron chi connectivity index (χ3n) is 4.50.